The molecule has 0 fully saturated rings. The van der Waals surface area contributed by atoms with E-state index >= 15 is 0 Å². The molecule has 0 rings (SSSR count). The van der Waals surface area contributed by atoms with E-state index in [0.29, 0.717) is 0 Å². The van der Waals surface area contributed by atoms with Crippen molar-refractivity contribution < 1.29 is 29.0 Å². The first-order valence-electron chi connectivity index (χ1n) is 3.64. The van der Waals surface area contributed by atoms with Crippen LogP contribution in [0.15, 0.2) is 11.8 Å². The van der Waals surface area contributed by atoms with Crippen LogP contribution in [0.3, 0.4) is 0 Å². The maximum Gasteiger partial charge on any atom is 0.333 e. The van der Waals surface area contributed by atoms with Crippen LogP contribution in [0.5, 0.6) is 0 Å². The van der Waals surface area contributed by atoms with Crippen LogP contribution in [0.2, 0.25) is 0 Å². The van der Waals surface area contributed by atoms with Gasteiger partial charge in [0, 0.05) is 6.92 Å². The van der Waals surface area contributed by atoms with E-state index in [1.807, 2.05) is 0 Å². The van der Waals surface area contributed by atoms with Gasteiger partial charge in [0.2, 0.25) is 0 Å². The molecule has 0 heterocycles. The van der Waals surface area contributed by atoms with Gasteiger partial charge in [-0.25, -0.2) is 4.79 Å². The molecule has 0 aliphatic heterocycles. The fourth-order valence-corrected chi connectivity index (χ4v) is 0.641. The lowest BCUT2D eigenvalue weighted by Crippen LogP contribution is -2.07. The van der Waals surface area contributed by atoms with Crippen LogP contribution >= 0.6 is 0 Å². The molecule has 0 aliphatic rings. The molecule has 1 N–H and O–H groups in total. The number of aliphatic carboxylic acids is 1. The van der Waals surface area contributed by atoms with Gasteiger partial charge in [0.1, 0.15) is 12.2 Å². The highest BCUT2D eigenvalue weighted by Gasteiger charge is 2.10. The lowest BCUT2D eigenvalue weighted by Gasteiger charge is -2.03. The summed E-state index contributed by atoms with van der Waals surface area (Å²) in [7, 11) is 1.13. The van der Waals surface area contributed by atoms with Gasteiger partial charge >= 0.3 is 17.9 Å². The third-order valence-electron chi connectivity index (χ3n) is 1.08. The lowest BCUT2D eigenvalue weighted by molar-refractivity contribution is -0.140. The van der Waals surface area contributed by atoms with Crippen molar-refractivity contribution in [1.29, 1.82) is 0 Å². The first-order chi connectivity index (χ1) is 6.45. The maximum absolute atomic E-state index is 10.7. The molecule has 0 radical (unpaired) electrons. The number of carboxylic acid groups (broad SMARTS) is 1. The van der Waals surface area contributed by atoms with Crippen molar-refractivity contribution in [2.75, 3.05) is 7.11 Å². The number of rotatable bonds is 4. The fourth-order valence-electron chi connectivity index (χ4n) is 0.641. The molecule has 0 spiro atoms. The molecule has 0 bridgehead atoms. The van der Waals surface area contributed by atoms with Crippen LogP contribution in [0.25, 0.3) is 0 Å². The summed E-state index contributed by atoms with van der Waals surface area (Å²) < 4.78 is 8.72. The Morgan fingerprint density at radius 1 is 1.36 bits per heavy atom. The predicted octanol–water partition coefficient (Wildman–Crippen LogP) is 0.0811. The standard InChI is InChI=1S/C8H10O6/c1-5(9)14-6(3-7(10)11)4-8(12)13-2/h4H,3H2,1-2H3,(H,10,11)/b6-4+. The summed E-state index contributed by atoms with van der Waals surface area (Å²) >= 11 is 0. The van der Waals surface area contributed by atoms with E-state index in [0.717, 1.165) is 20.1 Å². The second-order valence-electron chi connectivity index (χ2n) is 2.30. The Labute approximate surface area is 80.1 Å². The minimum atomic E-state index is -1.21. The summed E-state index contributed by atoms with van der Waals surface area (Å²) in [6, 6.07) is 0. The lowest BCUT2D eigenvalue weighted by atomic mass is 10.3. The van der Waals surface area contributed by atoms with Crippen LogP contribution in [-0.4, -0.2) is 30.1 Å². The van der Waals surface area contributed by atoms with Gasteiger partial charge in [-0.1, -0.05) is 0 Å². The molecule has 6 heteroatoms. The molecule has 0 atom stereocenters. The summed E-state index contributed by atoms with van der Waals surface area (Å²) in [5.41, 5.74) is 0. The van der Waals surface area contributed by atoms with Gasteiger partial charge in [0.05, 0.1) is 13.2 Å². The van der Waals surface area contributed by atoms with Crippen LogP contribution in [0, 0.1) is 0 Å². The highest BCUT2D eigenvalue weighted by atomic mass is 16.5. The molecular weight excluding hydrogens is 192 g/mol. The van der Waals surface area contributed by atoms with E-state index in [1.165, 1.54) is 0 Å². The summed E-state index contributed by atoms with van der Waals surface area (Å²) in [4.78, 5) is 31.5. The smallest absolute Gasteiger partial charge is 0.333 e. The molecule has 0 unspecified atom stereocenters. The molecule has 0 saturated carbocycles. The van der Waals surface area contributed by atoms with Crippen molar-refractivity contribution in [1.82, 2.24) is 0 Å². The van der Waals surface area contributed by atoms with Crippen LogP contribution < -0.4 is 0 Å². The largest absolute Gasteiger partial charge is 0.481 e. The van der Waals surface area contributed by atoms with E-state index in [-0.39, 0.29) is 5.76 Å². The van der Waals surface area contributed by atoms with Crippen molar-refractivity contribution in [2.45, 2.75) is 13.3 Å². The average Bonchev–Trinajstić information content (AvgIpc) is 2.01. The summed E-state index contributed by atoms with van der Waals surface area (Å²) in [6.45, 7) is 1.10. The summed E-state index contributed by atoms with van der Waals surface area (Å²) in [6.07, 6.45) is 0.268. The topological polar surface area (TPSA) is 89.9 Å². The normalized spacial score (nSPS) is 10.6. The Kier molecular flexibility index (Phi) is 4.98. The molecule has 0 aliphatic carbocycles. The number of carbonyl (C=O) groups is 3. The Balaban J connectivity index is 4.53. The first kappa shape index (κ1) is 12.2. The molecule has 0 amide bonds. The number of hydrogen-bond acceptors (Lipinski definition) is 5. The third-order valence-corrected chi connectivity index (χ3v) is 1.08. The molecule has 0 saturated heterocycles. The Hall–Kier alpha value is -1.85. The fraction of sp³-hybridized carbons (Fsp3) is 0.375. The van der Waals surface area contributed by atoms with Crippen molar-refractivity contribution >= 4 is 17.9 Å². The van der Waals surface area contributed by atoms with E-state index in [4.69, 9.17) is 5.11 Å². The zero-order valence-electron chi connectivity index (χ0n) is 7.77. The zero-order valence-corrected chi connectivity index (χ0v) is 7.77. The SMILES string of the molecule is COC(=O)/C=C(\CC(=O)O)OC(C)=O. The van der Waals surface area contributed by atoms with E-state index < -0.39 is 24.3 Å². The second kappa shape index (κ2) is 5.74. The molecule has 0 aromatic rings. The number of methoxy groups -OCH3 is 1. The van der Waals surface area contributed by atoms with Gasteiger partial charge in [-0.2, -0.15) is 0 Å². The molecule has 6 nitrogen and oxygen atoms in total. The summed E-state index contributed by atoms with van der Waals surface area (Å²) in [5, 5.41) is 8.40. The number of esters is 2. The zero-order chi connectivity index (χ0) is 11.1. The van der Waals surface area contributed by atoms with E-state index in [9.17, 15) is 14.4 Å². The van der Waals surface area contributed by atoms with Crippen molar-refractivity contribution in [2.24, 2.45) is 0 Å². The van der Waals surface area contributed by atoms with Gasteiger partial charge in [-0.15, -0.1) is 0 Å². The first-order valence-corrected chi connectivity index (χ1v) is 3.64. The van der Waals surface area contributed by atoms with Gasteiger partial charge < -0.3 is 14.6 Å². The maximum atomic E-state index is 10.7. The van der Waals surface area contributed by atoms with Crippen molar-refractivity contribution in [3.63, 3.8) is 0 Å². The second-order valence-corrected chi connectivity index (χ2v) is 2.30. The van der Waals surface area contributed by atoms with Crippen molar-refractivity contribution in [3.8, 4) is 0 Å². The number of carboxylic acids is 1. The number of ether oxygens (including phenoxy) is 2. The Morgan fingerprint density at radius 2 is 1.93 bits per heavy atom. The van der Waals surface area contributed by atoms with E-state index in [1.54, 1.807) is 0 Å². The Bertz CT molecular complexity index is 260. The quantitative estimate of drug-likeness (QED) is 0.394. The summed E-state index contributed by atoms with van der Waals surface area (Å²) in [5.74, 6) is -2.93. The van der Waals surface area contributed by atoms with Gasteiger partial charge in [0.15, 0.2) is 0 Å². The van der Waals surface area contributed by atoms with Crippen LogP contribution in [0.4, 0.5) is 0 Å². The molecule has 78 valence electrons. The van der Waals surface area contributed by atoms with E-state index in [2.05, 4.69) is 9.47 Å². The molecule has 0 aromatic carbocycles. The molecule has 0 aromatic heterocycles. The minimum Gasteiger partial charge on any atom is -0.481 e. The van der Waals surface area contributed by atoms with Gasteiger partial charge in [-0.05, 0) is 0 Å². The van der Waals surface area contributed by atoms with Crippen LogP contribution in [0.1, 0.15) is 13.3 Å². The third kappa shape index (κ3) is 5.76. The van der Waals surface area contributed by atoms with Gasteiger partial charge in [-0.3, -0.25) is 9.59 Å². The van der Waals surface area contributed by atoms with Gasteiger partial charge in [0.25, 0.3) is 0 Å². The van der Waals surface area contributed by atoms with Crippen LogP contribution in [-0.2, 0) is 23.9 Å². The molecular formula is C8H10O6. The monoisotopic (exact) mass is 202 g/mol. The van der Waals surface area contributed by atoms with Crippen molar-refractivity contribution in [3.05, 3.63) is 11.8 Å². The Morgan fingerprint density at radius 3 is 2.29 bits per heavy atom. The number of hydrogen-bond donors (Lipinski definition) is 1. The molecule has 14 heavy (non-hydrogen) atoms. The highest BCUT2D eigenvalue weighted by molar-refractivity contribution is 5.84. The minimum absolute atomic E-state index is 0.253. The number of carbonyl (C=O) groups excluding carboxylic acids is 2. The average molecular weight is 202 g/mol. The predicted molar refractivity (Wildman–Crippen MR) is 44.1 cm³/mol. The highest BCUT2D eigenvalue weighted by Crippen LogP contribution is 2.04.